The fraction of sp³-hybridized carbons (Fsp3) is 0.231. The summed E-state index contributed by atoms with van der Waals surface area (Å²) in [6.07, 6.45) is -3.72. The van der Waals surface area contributed by atoms with Gasteiger partial charge in [-0.1, -0.05) is 18.2 Å². The number of carbonyl (C=O) groups is 2. The summed E-state index contributed by atoms with van der Waals surface area (Å²) in [5.74, 6) is -0.888. The van der Waals surface area contributed by atoms with Crippen molar-refractivity contribution in [2.75, 3.05) is 0 Å². The van der Waals surface area contributed by atoms with E-state index in [1.807, 2.05) is 0 Å². The highest BCUT2D eigenvalue weighted by atomic mass is 19.4. The van der Waals surface area contributed by atoms with Gasteiger partial charge in [0.25, 0.3) is 0 Å². The molecule has 1 heterocycles. The van der Waals surface area contributed by atoms with Gasteiger partial charge >= 0.3 is 6.18 Å². The Labute approximate surface area is 123 Å². The van der Waals surface area contributed by atoms with E-state index < -0.39 is 17.6 Å². The van der Waals surface area contributed by atoms with Crippen LogP contribution in [0.15, 0.2) is 34.5 Å². The highest BCUT2D eigenvalue weighted by Crippen LogP contribution is 2.30. The minimum absolute atomic E-state index is 0.0219. The number of alkyl halides is 3. The van der Waals surface area contributed by atoms with Crippen LogP contribution in [0.5, 0.6) is 0 Å². The van der Waals surface area contributed by atoms with Crippen molar-refractivity contribution in [2.24, 2.45) is 10.2 Å². The quantitative estimate of drug-likeness (QED) is 0.651. The van der Waals surface area contributed by atoms with Gasteiger partial charge in [0, 0.05) is 5.56 Å². The van der Waals surface area contributed by atoms with Crippen molar-refractivity contribution in [3.8, 4) is 0 Å². The Morgan fingerprint density at radius 1 is 1.41 bits per heavy atom. The molecule has 1 aromatic rings. The highest BCUT2D eigenvalue weighted by molar-refractivity contribution is 6.11. The second-order valence-electron chi connectivity index (χ2n) is 4.44. The fourth-order valence-electron chi connectivity index (χ4n) is 1.77. The number of hydrazone groups is 2. The summed E-state index contributed by atoms with van der Waals surface area (Å²) in [4.78, 5) is 22.4. The molecule has 1 aliphatic rings. The summed E-state index contributed by atoms with van der Waals surface area (Å²) in [7, 11) is 0. The molecule has 0 fully saturated rings. The average Bonchev–Trinajstić information content (AvgIpc) is 2.83. The molecule has 0 bridgehead atoms. The lowest BCUT2D eigenvalue weighted by Crippen LogP contribution is -2.21. The van der Waals surface area contributed by atoms with Gasteiger partial charge in [-0.3, -0.25) is 9.59 Å². The van der Waals surface area contributed by atoms with Crippen LogP contribution in [-0.2, 0) is 15.8 Å². The lowest BCUT2D eigenvalue weighted by molar-refractivity contribution is -0.137. The van der Waals surface area contributed by atoms with Crippen molar-refractivity contribution in [1.29, 1.82) is 0 Å². The SMILES string of the molecule is O=C1CC(CC(=O)N/N=C\c2ccccc2C(F)(F)F)=NN1. The molecule has 1 aromatic carbocycles. The van der Waals surface area contributed by atoms with E-state index in [2.05, 4.69) is 21.1 Å². The van der Waals surface area contributed by atoms with Gasteiger partial charge in [-0.15, -0.1) is 0 Å². The molecule has 0 spiro atoms. The molecule has 116 valence electrons. The van der Waals surface area contributed by atoms with Crippen LogP contribution >= 0.6 is 0 Å². The van der Waals surface area contributed by atoms with Crippen LogP contribution in [0.2, 0.25) is 0 Å². The van der Waals surface area contributed by atoms with E-state index in [0.717, 1.165) is 12.3 Å². The Bertz CT molecular complexity index is 653. The van der Waals surface area contributed by atoms with Gasteiger partial charge in [-0.25, -0.2) is 10.9 Å². The zero-order valence-electron chi connectivity index (χ0n) is 11.1. The van der Waals surface area contributed by atoms with Gasteiger partial charge in [-0.05, 0) is 6.07 Å². The van der Waals surface area contributed by atoms with E-state index in [1.54, 1.807) is 0 Å². The lowest BCUT2D eigenvalue weighted by Gasteiger charge is -2.09. The number of amides is 2. The largest absolute Gasteiger partial charge is 0.417 e. The first-order valence-electron chi connectivity index (χ1n) is 6.18. The Kier molecular flexibility index (Phi) is 4.54. The fourth-order valence-corrected chi connectivity index (χ4v) is 1.77. The summed E-state index contributed by atoms with van der Waals surface area (Å²) >= 11 is 0. The molecule has 0 radical (unpaired) electrons. The number of hydrogen-bond donors (Lipinski definition) is 2. The molecule has 0 atom stereocenters. The maximum absolute atomic E-state index is 12.7. The Hall–Kier alpha value is -2.71. The molecule has 2 amide bonds. The first-order valence-corrected chi connectivity index (χ1v) is 6.18. The third-order valence-corrected chi connectivity index (χ3v) is 2.73. The van der Waals surface area contributed by atoms with Gasteiger partial charge < -0.3 is 0 Å². The normalized spacial score (nSPS) is 14.9. The van der Waals surface area contributed by atoms with Crippen LogP contribution < -0.4 is 10.9 Å². The summed E-state index contributed by atoms with van der Waals surface area (Å²) in [5, 5.41) is 7.12. The number of rotatable bonds is 4. The molecule has 0 aliphatic carbocycles. The van der Waals surface area contributed by atoms with Crippen molar-refractivity contribution in [3.63, 3.8) is 0 Å². The molecule has 0 aromatic heterocycles. The molecule has 0 saturated heterocycles. The van der Waals surface area contributed by atoms with Crippen LogP contribution in [0.4, 0.5) is 13.2 Å². The van der Waals surface area contributed by atoms with Crippen molar-refractivity contribution < 1.29 is 22.8 Å². The summed E-state index contributed by atoms with van der Waals surface area (Å²) in [6, 6.07) is 4.86. The number of halogens is 3. The third-order valence-electron chi connectivity index (χ3n) is 2.73. The zero-order chi connectivity index (χ0) is 16.2. The number of benzene rings is 1. The van der Waals surface area contributed by atoms with Gasteiger partial charge in [0.1, 0.15) is 0 Å². The molecule has 22 heavy (non-hydrogen) atoms. The topological polar surface area (TPSA) is 82.9 Å². The Morgan fingerprint density at radius 3 is 2.77 bits per heavy atom. The highest BCUT2D eigenvalue weighted by Gasteiger charge is 2.32. The number of nitrogens with one attached hydrogen (secondary N) is 2. The van der Waals surface area contributed by atoms with Gasteiger partial charge in [-0.2, -0.15) is 23.4 Å². The zero-order valence-corrected chi connectivity index (χ0v) is 11.1. The van der Waals surface area contributed by atoms with E-state index in [0.29, 0.717) is 5.71 Å². The second kappa shape index (κ2) is 6.37. The molecule has 9 heteroatoms. The van der Waals surface area contributed by atoms with Crippen LogP contribution in [0, 0.1) is 0 Å². The Morgan fingerprint density at radius 2 is 2.14 bits per heavy atom. The summed E-state index contributed by atoms with van der Waals surface area (Å²) in [6.45, 7) is 0. The second-order valence-corrected chi connectivity index (χ2v) is 4.44. The third kappa shape index (κ3) is 4.14. The summed E-state index contributed by atoms with van der Waals surface area (Å²) in [5.41, 5.74) is 3.62. The van der Waals surface area contributed by atoms with Gasteiger partial charge in [0.15, 0.2) is 0 Å². The first-order chi connectivity index (χ1) is 10.4. The smallest absolute Gasteiger partial charge is 0.273 e. The van der Waals surface area contributed by atoms with E-state index in [9.17, 15) is 22.8 Å². The molecule has 1 aliphatic heterocycles. The van der Waals surface area contributed by atoms with Crippen molar-refractivity contribution in [1.82, 2.24) is 10.9 Å². The predicted octanol–water partition coefficient (Wildman–Crippen LogP) is 1.42. The molecular formula is C13H11F3N4O2. The van der Waals surface area contributed by atoms with E-state index in [-0.39, 0.29) is 24.3 Å². The minimum Gasteiger partial charge on any atom is -0.273 e. The minimum atomic E-state index is -4.50. The molecule has 2 rings (SSSR count). The monoisotopic (exact) mass is 312 g/mol. The lowest BCUT2D eigenvalue weighted by atomic mass is 10.1. The van der Waals surface area contributed by atoms with Gasteiger partial charge in [0.05, 0.1) is 30.3 Å². The van der Waals surface area contributed by atoms with E-state index in [4.69, 9.17) is 0 Å². The van der Waals surface area contributed by atoms with Crippen LogP contribution in [0.1, 0.15) is 24.0 Å². The summed E-state index contributed by atoms with van der Waals surface area (Å²) < 4.78 is 38.2. The van der Waals surface area contributed by atoms with Crippen LogP contribution in [0.25, 0.3) is 0 Å². The maximum Gasteiger partial charge on any atom is 0.417 e. The van der Waals surface area contributed by atoms with Crippen molar-refractivity contribution in [2.45, 2.75) is 19.0 Å². The van der Waals surface area contributed by atoms with Crippen molar-refractivity contribution >= 4 is 23.7 Å². The molecular weight excluding hydrogens is 301 g/mol. The van der Waals surface area contributed by atoms with Crippen LogP contribution in [0.3, 0.4) is 0 Å². The molecule has 0 saturated carbocycles. The molecule has 2 N–H and O–H groups in total. The molecule has 6 nitrogen and oxygen atoms in total. The number of nitrogens with zero attached hydrogens (tertiary/aromatic N) is 2. The van der Waals surface area contributed by atoms with E-state index in [1.165, 1.54) is 18.2 Å². The standard InChI is InChI=1S/C13H11F3N4O2/c14-13(15,16)10-4-2-1-3-8(10)7-17-19-11(21)5-9-6-12(22)20-18-9/h1-4,7H,5-6H2,(H,19,21)(H,20,22)/b17-7-. The van der Waals surface area contributed by atoms with Crippen LogP contribution in [-0.4, -0.2) is 23.7 Å². The predicted molar refractivity (Wildman–Crippen MR) is 72.0 cm³/mol. The van der Waals surface area contributed by atoms with Crippen molar-refractivity contribution in [3.05, 3.63) is 35.4 Å². The van der Waals surface area contributed by atoms with Gasteiger partial charge in [0.2, 0.25) is 11.8 Å². The number of carbonyl (C=O) groups excluding carboxylic acids is 2. The maximum atomic E-state index is 12.7. The molecule has 0 unspecified atom stereocenters. The average molecular weight is 312 g/mol. The Balaban J connectivity index is 1.96. The number of hydrogen-bond acceptors (Lipinski definition) is 4. The van der Waals surface area contributed by atoms with E-state index >= 15 is 0 Å². The first kappa shape index (κ1) is 15.7.